The van der Waals surface area contributed by atoms with Gasteiger partial charge in [-0.1, -0.05) is 18.0 Å². The molecule has 2 unspecified atom stereocenters. The van der Waals surface area contributed by atoms with Gasteiger partial charge in [0.05, 0.1) is 11.6 Å². The Bertz CT molecular complexity index is 912. The molecule has 3 aliphatic heterocycles. The first kappa shape index (κ1) is 21.5. The van der Waals surface area contributed by atoms with Crippen molar-refractivity contribution in [2.45, 2.75) is 50.9 Å². The summed E-state index contributed by atoms with van der Waals surface area (Å²) in [5, 5.41) is 21.7. The summed E-state index contributed by atoms with van der Waals surface area (Å²) in [7, 11) is 1.92. The highest BCUT2D eigenvalue weighted by Gasteiger charge is 2.32. The zero-order valence-corrected chi connectivity index (χ0v) is 18.3. The molecule has 1 aliphatic carbocycles. The first-order valence-electron chi connectivity index (χ1n) is 10.6. The molecule has 4 atom stereocenters. The van der Waals surface area contributed by atoms with Crippen molar-refractivity contribution in [3.8, 4) is 0 Å². The number of rotatable bonds is 4. The fourth-order valence-corrected chi connectivity index (χ4v) is 4.95. The molecule has 3 heterocycles. The van der Waals surface area contributed by atoms with Crippen LogP contribution < -0.4 is 21.3 Å². The molecule has 1 saturated carbocycles. The van der Waals surface area contributed by atoms with Crippen molar-refractivity contribution < 1.29 is 14.3 Å². The summed E-state index contributed by atoms with van der Waals surface area (Å²) in [5.74, 6) is 0.968. The molecular formula is C21H28ClFN6O2. The maximum Gasteiger partial charge on any atom is 0.404 e. The Hall–Kier alpha value is -2.68. The molecule has 1 amide bonds. The van der Waals surface area contributed by atoms with Gasteiger partial charge in [0.25, 0.3) is 0 Å². The van der Waals surface area contributed by atoms with Crippen LogP contribution in [-0.2, 0) is 0 Å². The van der Waals surface area contributed by atoms with Gasteiger partial charge in [0.2, 0.25) is 0 Å². The Morgan fingerprint density at radius 1 is 1.45 bits per heavy atom. The highest BCUT2D eigenvalue weighted by Crippen LogP contribution is 2.33. The fraction of sp³-hybridized carbons (Fsp3) is 0.524. The summed E-state index contributed by atoms with van der Waals surface area (Å²) in [6.07, 6.45) is 7.96. The van der Waals surface area contributed by atoms with E-state index in [1.165, 1.54) is 0 Å². The van der Waals surface area contributed by atoms with E-state index >= 15 is 0 Å². The molecule has 0 radical (unpaired) electrons. The van der Waals surface area contributed by atoms with Crippen molar-refractivity contribution in [1.82, 2.24) is 26.2 Å². The molecule has 1 fully saturated rings. The zero-order chi connectivity index (χ0) is 22.1. The molecule has 4 rings (SSSR count). The molecular weight excluding hydrogens is 423 g/mol. The van der Waals surface area contributed by atoms with E-state index in [2.05, 4.69) is 26.3 Å². The van der Waals surface area contributed by atoms with E-state index in [1.54, 1.807) is 6.21 Å². The first-order valence-corrected chi connectivity index (χ1v) is 10.9. The fourth-order valence-electron chi connectivity index (χ4n) is 4.67. The maximum absolute atomic E-state index is 14.6. The van der Waals surface area contributed by atoms with Crippen LogP contribution in [0.15, 0.2) is 50.9 Å². The van der Waals surface area contributed by atoms with Gasteiger partial charge in [0, 0.05) is 42.7 Å². The Morgan fingerprint density at radius 3 is 3.03 bits per heavy atom. The van der Waals surface area contributed by atoms with E-state index < -0.39 is 6.09 Å². The second kappa shape index (κ2) is 8.82. The SMILES string of the molecule is C[C@H](NC(=O)O)C1CCC[C@H](NC2=C(F)CNC(=C3C=NC4C3=CC(Cl)=CN4C)N2)C1. The second-order valence-corrected chi connectivity index (χ2v) is 8.92. The monoisotopic (exact) mass is 450 g/mol. The summed E-state index contributed by atoms with van der Waals surface area (Å²) < 4.78 is 14.6. The Balaban J connectivity index is 1.47. The van der Waals surface area contributed by atoms with Crippen LogP contribution in [0.5, 0.6) is 0 Å². The van der Waals surface area contributed by atoms with Crippen molar-refractivity contribution in [1.29, 1.82) is 0 Å². The van der Waals surface area contributed by atoms with Gasteiger partial charge in [-0.05, 0) is 38.2 Å². The quantitative estimate of drug-likeness (QED) is 0.451. The summed E-state index contributed by atoms with van der Waals surface area (Å²) >= 11 is 6.23. The van der Waals surface area contributed by atoms with Crippen LogP contribution in [0.25, 0.3) is 0 Å². The molecule has 4 aliphatic rings. The lowest BCUT2D eigenvalue weighted by Crippen LogP contribution is -2.47. The lowest BCUT2D eigenvalue weighted by atomic mass is 9.81. The number of likely N-dealkylation sites (N-methyl/N-ethyl adjacent to an activating group) is 1. The van der Waals surface area contributed by atoms with E-state index in [-0.39, 0.29) is 36.5 Å². The molecule has 168 valence electrons. The third-order valence-corrected chi connectivity index (χ3v) is 6.48. The number of carbonyl (C=O) groups is 1. The van der Waals surface area contributed by atoms with Gasteiger partial charge in [0.15, 0.2) is 5.83 Å². The van der Waals surface area contributed by atoms with Crippen LogP contribution in [0.2, 0.25) is 0 Å². The maximum atomic E-state index is 14.6. The number of nitrogens with zero attached hydrogens (tertiary/aromatic N) is 2. The highest BCUT2D eigenvalue weighted by atomic mass is 35.5. The van der Waals surface area contributed by atoms with Crippen LogP contribution in [0, 0.1) is 5.92 Å². The van der Waals surface area contributed by atoms with E-state index in [1.807, 2.05) is 31.1 Å². The van der Waals surface area contributed by atoms with Gasteiger partial charge in [0.1, 0.15) is 17.8 Å². The first-order chi connectivity index (χ1) is 14.8. The third kappa shape index (κ3) is 4.66. The van der Waals surface area contributed by atoms with Crippen molar-refractivity contribution in [3.63, 3.8) is 0 Å². The minimum atomic E-state index is -1.01. The number of nitrogens with one attached hydrogen (secondary N) is 4. The number of amides is 1. The molecule has 0 aromatic heterocycles. The lowest BCUT2D eigenvalue weighted by molar-refractivity contribution is 0.177. The predicted molar refractivity (Wildman–Crippen MR) is 118 cm³/mol. The Labute approximate surface area is 186 Å². The standard InChI is InChI=1S/C21H28ClFN6O2/c1-11(26-21(30)31)12-4-3-5-14(6-12)27-19-17(23)9-24-18(28-19)16-8-25-20-15(16)7-13(22)10-29(20)2/h7-8,10-12,14,20,24,26-28H,3-6,9H2,1-2H3,(H,30,31)/t11-,12?,14-,20?/m0/s1. The average molecular weight is 451 g/mol. The average Bonchev–Trinajstić information content (AvgIpc) is 3.13. The molecule has 0 aromatic carbocycles. The highest BCUT2D eigenvalue weighted by molar-refractivity contribution is 6.31. The summed E-state index contributed by atoms with van der Waals surface area (Å²) in [6, 6.07) is -0.0731. The number of allylic oxidation sites excluding steroid dienone is 2. The Morgan fingerprint density at radius 2 is 2.26 bits per heavy atom. The van der Waals surface area contributed by atoms with Crippen LogP contribution in [0.3, 0.4) is 0 Å². The van der Waals surface area contributed by atoms with Crippen LogP contribution in [0.1, 0.15) is 32.6 Å². The number of hydrogen-bond acceptors (Lipinski definition) is 6. The molecule has 10 heteroatoms. The van der Waals surface area contributed by atoms with Crippen molar-refractivity contribution in [2.24, 2.45) is 10.9 Å². The molecule has 0 aromatic rings. The zero-order valence-electron chi connectivity index (χ0n) is 17.6. The molecule has 0 bridgehead atoms. The lowest BCUT2D eigenvalue weighted by Gasteiger charge is -2.35. The second-order valence-electron chi connectivity index (χ2n) is 8.48. The van der Waals surface area contributed by atoms with Crippen molar-refractivity contribution in [2.75, 3.05) is 13.6 Å². The van der Waals surface area contributed by atoms with Gasteiger partial charge < -0.3 is 31.3 Å². The third-order valence-electron chi connectivity index (χ3n) is 6.27. The summed E-state index contributed by atoms with van der Waals surface area (Å²) in [4.78, 5) is 17.4. The topological polar surface area (TPSA) is 101 Å². The summed E-state index contributed by atoms with van der Waals surface area (Å²) in [5.41, 5.74) is 1.81. The van der Waals surface area contributed by atoms with Crippen LogP contribution in [-0.4, -0.2) is 54.2 Å². The minimum Gasteiger partial charge on any atom is -0.465 e. The van der Waals surface area contributed by atoms with Gasteiger partial charge in [-0.25, -0.2) is 9.18 Å². The molecule has 31 heavy (non-hydrogen) atoms. The number of halogens is 2. The van der Waals surface area contributed by atoms with Gasteiger partial charge in [-0.2, -0.15) is 0 Å². The normalized spacial score (nSPS) is 31.2. The van der Waals surface area contributed by atoms with Crippen LogP contribution in [0.4, 0.5) is 9.18 Å². The predicted octanol–water partition coefficient (Wildman–Crippen LogP) is 2.70. The Kier molecular flexibility index (Phi) is 6.13. The van der Waals surface area contributed by atoms with E-state index in [4.69, 9.17) is 16.7 Å². The van der Waals surface area contributed by atoms with Crippen molar-refractivity contribution in [3.05, 3.63) is 45.9 Å². The van der Waals surface area contributed by atoms with Gasteiger partial charge in [-0.3, -0.25) is 4.99 Å². The number of fused-ring (bicyclic) bond motifs is 1. The minimum absolute atomic E-state index is 0.0665. The van der Waals surface area contributed by atoms with Crippen LogP contribution >= 0.6 is 11.6 Å². The number of aliphatic imine (C=N–C) groups is 1. The molecule has 0 saturated heterocycles. The largest absolute Gasteiger partial charge is 0.465 e. The number of carboxylic acid groups (broad SMARTS) is 1. The van der Waals surface area contributed by atoms with E-state index in [0.717, 1.165) is 36.8 Å². The van der Waals surface area contributed by atoms with E-state index in [9.17, 15) is 9.18 Å². The summed E-state index contributed by atoms with van der Waals surface area (Å²) in [6.45, 7) is 1.96. The van der Waals surface area contributed by atoms with Gasteiger partial charge in [-0.15, -0.1) is 0 Å². The molecule has 0 spiro atoms. The van der Waals surface area contributed by atoms with E-state index in [0.29, 0.717) is 16.7 Å². The van der Waals surface area contributed by atoms with Crippen molar-refractivity contribution >= 4 is 23.9 Å². The number of hydrogen-bond donors (Lipinski definition) is 5. The molecule has 8 nitrogen and oxygen atoms in total. The smallest absolute Gasteiger partial charge is 0.404 e. The molecule has 5 N–H and O–H groups in total. The van der Waals surface area contributed by atoms with Gasteiger partial charge >= 0.3 is 6.09 Å².